The molecule has 2 N–H and O–H groups in total. The third-order valence-corrected chi connectivity index (χ3v) is 2.76. The highest BCUT2D eigenvalue weighted by Crippen LogP contribution is 2.25. The van der Waals surface area contributed by atoms with Crippen LogP contribution in [0.4, 0.5) is 4.39 Å². The van der Waals surface area contributed by atoms with Gasteiger partial charge in [0.05, 0.1) is 17.3 Å². The fourth-order valence-corrected chi connectivity index (χ4v) is 1.88. The average Bonchev–Trinajstić information content (AvgIpc) is 2.64. The zero-order chi connectivity index (χ0) is 12.4. The Balaban J connectivity index is 2.41. The van der Waals surface area contributed by atoms with Crippen LogP contribution in [0.15, 0.2) is 18.2 Å². The van der Waals surface area contributed by atoms with Crippen LogP contribution >= 0.6 is 11.6 Å². The molecule has 0 unspecified atom stereocenters. The standard InChI is InChI=1S/C12H13ClFN3/c1-7-12(17-11(16-7)6-15-2)8-3-4-10(14)9(13)5-8/h3-5,15H,6H2,1-2H3,(H,16,17). The first kappa shape index (κ1) is 12.1. The van der Waals surface area contributed by atoms with E-state index in [0.29, 0.717) is 6.54 Å². The van der Waals surface area contributed by atoms with Crippen LogP contribution in [-0.4, -0.2) is 17.0 Å². The van der Waals surface area contributed by atoms with Gasteiger partial charge >= 0.3 is 0 Å². The SMILES string of the molecule is CNCc1nc(-c2ccc(F)c(Cl)c2)c(C)[nH]1. The Morgan fingerprint density at radius 2 is 2.24 bits per heavy atom. The molecule has 0 bridgehead atoms. The Morgan fingerprint density at radius 1 is 1.47 bits per heavy atom. The summed E-state index contributed by atoms with van der Waals surface area (Å²) in [5.41, 5.74) is 2.56. The molecule has 5 heteroatoms. The van der Waals surface area contributed by atoms with E-state index in [4.69, 9.17) is 11.6 Å². The number of halogens is 2. The van der Waals surface area contributed by atoms with Crippen LogP contribution in [-0.2, 0) is 6.54 Å². The summed E-state index contributed by atoms with van der Waals surface area (Å²) in [7, 11) is 1.85. The first-order chi connectivity index (χ1) is 8.11. The van der Waals surface area contributed by atoms with Gasteiger partial charge in [-0.15, -0.1) is 0 Å². The fourth-order valence-electron chi connectivity index (χ4n) is 1.70. The molecule has 1 aromatic carbocycles. The van der Waals surface area contributed by atoms with Gasteiger partial charge in [0.2, 0.25) is 0 Å². The third kappa shape index (κ3) is 2.48. The maximum Gasteiger partial charge on any atom is 0.141 e. The van der Waals surface area contributed by atoms with Gasteiger partial charge in [0, 0.05) is 11.3 Å². The number of hydrogen-bond acceptors (Lipinski definition) is 2. The number of nitrogens with one attached hydrogen (secondary N) is 2. The van der Waals surface area contributed by atoms with Crippen LogP contribution in [0.25, 0.3) is 11.3 Å². The number of aromatic nitrogens is 2. The second-order valence-electron chi connectivity index (χ2n) is 3.82. The normalized spacial score (nSPS) is 10.8. The number of aryl methyl sites for hydroxylation is 1. The van der Waals surface area contributed by atoms with Gasteiger partial charge in [-0.05, 0) is 32.2 Å². The Labute approximate surface area is 104 Å². The highest BCUT2D eigenvalue weighted by Gasteiger charge is 2.10. The molecule has 2 aromatic rings. The summed E-state index contributed by atoms with van der Waals surface area (Å²) < 4.78 is 13.1. The summed E-state index contributed by atoms with van der Waals surface area (Å²) >= 11 is 5.76. The van der Waals surface area contributed by atoms with Crippen molar-refractivity contribution in [2.75, 3.05) is 7.05 Å². The Morgan fingerprint density at radius 3 is 2.88 bits per heavy atom. The van der Waals surface area contributed by atoms with Crippen LogP contribution < -0.4 is 5.32 Å². The van der Waals surface area contributed by atoms with Gasteiger partial charge in [-0.25, -0.2) is 9.37 Å². The second-order valence-corrected chi connectivity index (χ2v) is 4.22. The summed E-state index contributed by atoms with van der Waals surface area (Å²) in [5.74, 6) is 0.430. The van der Waals surface area contributed by atoms with Crippen molar-refractivity contribution in [2.24, 2.45) is 0 Å². The van der Waals surface area contributed by atoms with Gasteiger partial charge in [-0.2, -0.15) is 0 Å². The molecule has 17 heavy (non-hydrogen) atoms. The molecular formula is C12H13ClFN3. The number of imidazole rings is 1. The van der Waals surface area contributed by atoms with E-state index in [1.807, 2.05) is 14.0 Å². The lowest BCUT2D eigenvalue weighted by Gasteiger charge is -2.00. The molecule has 0 atom stereocenters. The highest BCUT2D eigenvalue weighted by atomic mass is 35.5. The smallest absolute Gasteiger partial charge is 0.141 e. The summed E-state index contributed by atoms with van der Waals surface area (Å²) in [5, 5.41) is 3.13. The van der Waals surface area contributed by atoms with E-state index in [0.717, 1.165) is 22.8 Å². The highest BCUT2D eigenvalue weighted by molar-refractivity contribution is 6.31. The molecule has 0 saturated carbocycles. The zero-order valence-corrected chi connectivity index (χ0v) is 10.4. The number of aromatic amines is 1. The Hall–Kier alpha value is -1.39. The molecule has 0 spiro atoms. The van der Waals surface area contributed by atoms with Crippen LogP contribution in [0.2, 0.25) is 5.02 Å². The lowest BCUT2D eigenvalue weighted by atomic mass is 10.1. The fraction of sp³-hybridized carbons (Fsp3) is 0.250. The van der Waals surface area contributed by atoms with Crippen molar-refractivity contribution in [2.45, 2.75) is 13.5 Å². The lowest BCUT2D eigenvalue weighted by molar-refractivity contribution is 0.628. The van der Waals surface area contributed by atoms with E-state index < -0.39 is 5.82 Å². The molecule has 0 radical (unpaired) electrons. The van der Waals surface area contributed by atoms with E-state index in [9.17, 15) is 4.39 Å². The maximum atomic E-state index is 13.1. The van der Waals surface area contributed by atoms with E-state index in [-0.39, 0.29) is 5.02 Å². The molecule has 3 nitrogen and oxygen atoms in total. The second kappa shape index (κ2) is 4.85. The molecule has 0 fully saturated rings. The zero-order valence-electron chi connectivity index (χ0n) is 9.64. The van der Waals surface area contributed by atoms with Crippen molar-refractivity contribution < 1.29 is 4.39 Å². The molecule has 1 aromatic heterocycles. The molecule has 0 aliphatic rings. The third-order valence-electron chi connectivity index (χ3n) is 2.47. The quantitative estimate of drug-likeness (QED) is 0.883. The summed E-state index contributed by atoms with van der Waals surface area (Å²) in [6.45, 7) is 2.59. The molecule has 90 valence electrons. The summed E-state index contributed by atoms with van der Waals surface area (Å²) in [6.07, 6.45) is 0. The van der Waals surface area contributed by atoms with Crippen LogP contribution in [0, 0.1) is 12.7 Å². The van der Waals surface area contributed by atoms with E-state index in [2.05, 4.69) is 15.3 Å². The molecule has 0 saturated heterocycles. The predicted molar refractivity (Wildman–Crippen MR) is 66.5 cm³/mol. The Bertz CT molecular complexity index is 537. The van der Waals surface area contributed by atoms with Crippen LogP contribution in [0.3, 0.4) is 0 Å². The molecule has 0 aliphatic heterocycles. The van der Waals surface area contributed by atoms with Crippen molar-refractivity contribution in [1.29, 1.82) is 0 Å². The summed E-state index contributed by atoms with van der Waals surface area (Å²) in [6, 6.07) is 4.61. The van der Waals surface area contributed by atoms with Crippen molar-refractivity contribution in [3.05, 3.63) is 40.6 Å². The first-order valence-corrected chi connectivity index (χ1v) is 5.65. The van der Waals surface area contributed by atoms with Gasteiger partial charge in [0.15, 0.2) is 0 Å². The van der Waals surface area contributed by atoms with Crippen molar-refractivity contribution in [1.82, 2.24) is 15.3 Å². The van der Waals surface area contributed by atoms with Crippen molar-refractivity contribution in [3.8, 4) is 11.3 Å². The largest absolute Gasteiger partial charge is 0.344 e. The van der Waals surface area contributed by atoms with Crippen LogP contribution in [0.1, 0.15) is 11.5 Å². The Kier molecular flexibility index (Phi) is 3.45. The predicted octanol–water partition coefficient (Wildman–Crippen LogP) is 2.90. The van der Waals surface area contributed by atoms with Crippen molar-refractivity contribution in [3.63, 3.8) is 0 Å². The maximum absolute atomic E-state index is 13.1. The molecule has 2 rings (SSSR count). The van der Waals surface area contributed by atoms with Gasteiger partial charge in [-0.3, -0.25) is 0 Å². The molecule has 0 amide bonds. The van der Waals surface area contributed by atoms with Gasteiger partial charge in [0.1, 0.15) is 11.6 Å². The molecular weight excluding hydrogens is 241 g/mol. The first-order valence-electron chi connectivity index (χ1n) is 5.27. The molecule has 1 heterocycles. The number of rotatable bonds is 3. The van der Waals surface area contributed by atoms with Crippen molar-refractivity contribution >= 4 is 11.6 Å². The van der Waals surface area contributed by atoms with Gasteiger partial charge < -0.3 is 10.3 Å². The van der Waals surface area contributed by atoms with Gasteiger partial charge in [-0.1, -0.05) is 11.6 Å². The monoisotopic (exact) mass is 253 g/mol. The number of nitrogens with zero attached hydrogens (tertiary/aromatic N) is 1. The average molecular weight is 254 g/mol. The minimum atomic E-state index is -0.418. The van der Waals surface area contributed by atoms with Crippen LogP contribution in [0.5, 0.6) is 0 Å². The minimum Gasteiger partial charge on any atom is -0.344 e. The summed E-state index contributed by atoms with van der Waals surface area (Å²) in [4.78, 5) is 7.61. The van der Waals surface area contributed by atoms with Gasteiger partial charge in [0.25, 0.3) is 0 Å². The lowest BCUT2D eigenvalue weighted by Crippen LogP contribution is -2.06. The van der Waals surface area contributed by atoms with E-state index in [1.165, 1.54) is 6.07 Å². The number of benzene rings is 1. The molecule has 0 aliphatic carbocycles. The van der Waals surface area contributed by atoms with E-state index in [1.54, 1.807) is 12.1 Å². The minimum absolute atomic E-state index is 0.111. The number of hydrogen-bond donors (Lipinski definition) is 2. The topological polar surface area (TPSA) is 40.7 Å². The van der Waals surface area contributed by atoms with E-state index >= 15 is 0 Å². The number of H-pyrrole nitrogens is 1.